The Morgan fingerprint density at radius 3 is 2.29 bits per heavy atom. The number of nitrogens with zero attached hydrogens (tertiary/aromatic N) is 6. The third-order valence-corrected chi connectivity index (χ3v) is 7.59. The van der Waals surface area contributed by atoms with Gasteiger partial charge in [-0.25, -0.2) is 0 Å². The smallest absolute Gasteiger partial charge is 0.362 e. The lowest BCUT2D eigenvalue weighted by Crippen LogP contribution is -2.50. The van der Waals surface area contributed by atoms with E-state index < -0.39 is 23.7 Å². The molecule has 13 heteroatoms. The van der Waals surface area contributed by atoms with E-state index in [1.807, 2.05) is 35.2 Å². The molecule has 2 aliphatic rings. The summed E-state index contributed by atoms with van der Waals surface area (Å²) in [6.45, 7) is 3.30. The van der Waals surface area contributed by atoms with Crippen molar-refractivity contribution in [1.82, 2.24) is 24.1 Å². The van der Waals surface area contributed by atoms with E-state index in [1.165, 1.54) is 23.6 Å². The molecule has 2 amide bonds. The van der Waals surface area contributed by atoms with Crippen LogP contribution in [-0.2, 0) is 22.2 Å². The Bertz CT molecular complexity index is 1690. The minimum absolute atomic E-state index is 0.0363. The molecule has 2 aromatic carbocycles. The number of hydrogen-bond acceptors (Lipinski definition) is 6. The van der Waals surface area contributed by atoms with Crippen LogP contribution in [0.4, 0.5) is 24.5 Å². The molecule has 2 aromatic heterocycles. The molecule has 10 nitrogen and oxygen atoms in total. The monoisotopic (exact) mass is 565 g/mol. The zero-order chi connectivity index (χ0) is 28.9. The maximum absolute atomic E-state index is 13.9. The Morgan fingerprint density at radius 2 is 1.66 bits per heavy atom. The van der Waals surface area contributed by atoms with E-state index in [4.69, 9.17) is 0 Å². The van der Waals surface area contributed by atoms with Crippen LogP contribution in [0.2, 0.25) is 0 Å². The number of alkyl halides is 3. The summed E-state index contributed by atoms with van der Waals surface area (Å²) in [7, 11) is 0. The minimum atomic E-state index is -4.49. The molecule has 0 unspecified atom stereocenters. The fourth-order valence-electron chi connectivity index (χ4n) is 5.51. The highest BCUT2D eigenvalue weighted by Crippen LogP contribution is 2.35. The maximum Gasteiger partial charge on any atom is 0.416 e. The molecule has 1 atom stereocenters. The van der Waals surface area contributed by atoms with Gasteiger partial charge in [0.05, 0.1) is 11.3 Å². The topological polar surface area (TPSA) is 105 Å². The van der Waals surface area contributed by atoms with Crippen molar-refractivity contribution >= 4 is 29.0 Å². The van der Waals surface area contributed by atoms with Gasteiger partial charge in [-0.15, -0.1) is 5.10 Å². The molecule has 0 saturated carbocycles. The number of carbonyl (C=O) groups excluding carboxylic acids is 2. The predicted molar refractivity (Wildman–Crippen MR) is 145 cm³/mol. The normalized spacial score (nSPS) is 17.1. The first-order valence-corrected chi connectivity index (χ1v) is 13.2. The van der Waals surface area contributed by atoms with Crippen LogP contribution in [0.25, 0.3) is 17.2 Å². The molecule has 4 aromatic rings. The molecule has 0 spiro atoms. The molecule has 0 bridgehead atoms. The third-order valence-electron chi connectivity index (χ3n) is 7.59. The summed E-state index contributed by atoms with van der Waals surface area (Å²) >= 11 is 0. The quantitative estimate of drug-likeness (QED) is 0.407. The van der Waals surface area contributed by atoms with Crippen molar-refractivity contribution in [1.29, 1.82) is 0 Å². The first kappa shape index (κ1) is 26.5. The molecule has 0 radical (unpaired) electrons. The highest BCUT2D eigenvalue weighted by Gasteiger charge is 2.37. The van der Waals surface area contributed by atoms with Crippen LogP contribution in [0.5, 0.6) is 0 Å². The number of halogens is 3. The van der Waals surface area contributed by atoms with Gasteiger partial charge in [0.15, 0.2) is 5.82 Å². The summed E-state index contributed by atoms with van der Waals surface area (Å²) in [5.41, 5.74) is 0.799. The van der Waals surface area contributed by atoms with Crippen molar-refractivity contribution in [3.8, 4) is 11.4 Å². The molecule has 2 aliphatic heterocycles. The largest absolute Gasteiger partial charge is 0.416 e. The standard InChI is InChI=1S/C28H26F3N7O3/c1-17(39)35-13-15-36(16-14-35)23-21-11-12-22(25(40)32-20-9-7-19(8-10-20)28(29,30)31)37(21)27-33-24(34-38(27)26(23)41)18-5-3-2-4-6-18/h2-10,22H,11-16H2,1H3,(H,32,40)/t22-/m0/s1. The van der Waals surface area contributed by atoms with Gasteiger partial charge in [-0.2, -0.15) is 22.7 Å². The highest BCUT2D eigenvalue weighted by molar-refractivity contribution is 5.94. The lowest BCUT2D eigenvalue weighted by Gasteiger charge is -2.36. The molecule has 4 heterocycles. The molecule has 212 valence electrons. The molecule has 1 fully saturated rings. The van der Waals surface area contributed by atoms with Gasteiger partial charge in [-0.05, 0) is 37.1 Å². The van der Waals surface area contributed by atoms with Gasteiger partial charge in [-0.3, -0.25) is 19.0 Å². The van der Waals surface area contributed by atoms with Gasteiger partial charge >= 0.3 is 6.18 Å². The van der Waals surface area contributed by atoms with Crippen molar-refractivity contribution in [3.63, 3.8) is 0 Å². The van der Waals surface area contributed by atoms with Crippen molar-refractivity contribution in [2.75, 3.05) is 36.4 Å². The summed E-state index contributed by atoms with van der Waals surface area (Å²) < 4.78 is 41.9. The molecule has 0 aliphatic carbocycles. The number of amides is 2. The lowest BCUT2D eigenvalue weighted by molar-refractivity contribution is -0.137. The molecule has 41 heavy (non-hydrogen) atoms. The average molecular weight is 566 g/mol. The molecular formula is C28H26F3N7O3. The summed E-state index contributed by atoms with van der Waals surface area (Å²) in [6, 6.07) is 12.6. The number of fused-ring (bicyclic) bond motifs is 3. The van der Waals surface area contributed by atoms with Crippen LogP contribution in [-0.4, -0.2) is 62.1 Å². The van der Waals surface area contributed by atoms with E-state index >= 15 is 0 Å². The molecule has 6 rings (SSSR count). The van der Waals surface area contributed by atoms with Crippen LogP contribution in [0.15, 0.2) is 59.4 Å². The number of carbonyl (C=O) groups is 2. The van der Waals surface area contributed by atoms with Gasteiger partial charge in [0, 0.05) is 44.4 Å². The Labute approximate surface area is 232 Å². The Hall–Kier alpha value is -4.68. The van der Waals surface area contributed by atoms with Gasteiger partial charge < -0.3 is 15.1 Å². The van der Waals surface area contributed by atoms with Crippen LogP contribution in [0.1, 0.15) is 30.6 Å². The van der Waals surface area contributed by atoms with E-state index in [2.05, 4.69) is 15.4 Å². The summed E-state index contributed by atoms with van der Waals surface area (Å²) in [4.78, 5) is 47.5. The fraction of sp³-hybridized carbons (Fsp3) is 0.321. The van der Waals surface area contributed by atoms with Crippen LogP contribution in [0, 0.1) is 0 Å². The maximum atomic E-state index is 13.9. The zero-order valence-corrected chi connectivity index (χ0v) is 22.1. The Kier molecular flexibility index (Phi) is 6.51. The Balaban J connectivity index is 1.41. The van der Waals surface area contributed by atoms with Crippen LogP contribution < -0.4 is 15.8 Å². The van der Waals surface area contributed by atoms with Crippen molar-refractivity contribution in [3.05, 3.63) is 76.2 Å². The highest BCUT2D eigenvalue weighted by atomic mass is 19.4. The minimum Gasteiger partial charge on any atom is -0.362 e. The first-order chi connectivity index (χ1) is 19.6. The summed E-state index contributed by atoms with van der Waals surface area (Å²) in [5.74, 6) is 0.0568. The van der Waals surface area contributed by atoms with Crippen molar-refractivity contribution in [2.24, 2.45) is 0 Å². The number of hydrogen-bond donors (Lipinski definition) is 1. The SMILES string of the molecule is CC(=O)N1CCN(c2c3n(c4nc(-c5ccccc5)nn4c2=O)[C@H](C(=O)Nc2ccc(C(F)(F)F)cc2)CC3)CC1. The second-order valence-electron chi connectivity index (χ2n) is 10.1. The van der Waals surface area contributed by atoms with E-state index in [0.717, 1.165) is 12.1 Å². The average Bonchev–Trinajstić information content (AvgIpc) is 3.59. The number of anilines is 2. The van der Waals surface area contributed by atoms with Gasteiger partial charge in [0.2, 0.25) is 17.6 Å². The van der Waals surface area contributed by atoms with E-state index in [1.54, 1.807) is 9.47 Å². The van der Waals surface area contributed by atoms with Crippen molar-refractivity contribution in [2.45, 2.75) is 32.0 Å². The summed E-state index contributed by atoms with van der Waals surface area (Å²) in [6.07, 6.45) is -3.72. The number of benzene rings is 2. The van der Waals surface area contributed by atoms with Crippen molar-refractivity contribution < 1.29 is 22.8 Å². The van der Waals surface area contributed by atoms with E-state index in [9.17, 15) is 27.6 Å². The second-order valence-corrected chi connectivity index (χ2v) is 10.1. The second kappa shape index (κ2) is 10.1. The fourth-order valence-corrected chi connectivity index (χ4v) is 5.51. The first-order valence-electron chi connectivity index (χ1n) is 13.2. The van der Waals surface area contributed by atoms with Gasteiger partial charge in [0.1, 0.15) is 11.7 Å². The van der Waals surface area contributed by atoms with Crippen LogP contribution in [0.3, 0.4) is 0 Å². The van der Waals surface area contributed by atoms with E-state index in [-0.39, 0.29) is 22.9 Å². The molecular weight excluding hydrogens is 539 g/mol. The number of piperazine rings is 1. The zero-order valence-electron chi connectivity index (χ0n) is 22.1. The lowest BCUT2D eigenvalue weighted by atomic mass is 10.1. The number of aromatic nitrogens is 4. The Morgan fingerprint density at radius 1 is 0.976 bits per heavy atom. The predicted octanol–water partition coefficient (Wildman–Crippen LogP) is 3.37. The van der Waals surface area contributed by atoms with Crippen LogP contribution >= 0.6 is 0 Å². The van der Waals surface area contributed by atoms with Gasteiger partial charge in [0.25, 0.3) is 5.56 Å². The molecule has 1 saturated heterocycles. The third kappa shape index (κ3) is 4.81. The summed E-state index contributed by atoms with van der Waals surface area (Å²) in [5, 5.41) is 7.23. The number of nitrogens with one attached hydrogen (secondary N) is 1. The van der Waals surface area contributed by atoms with E-state index in [0.29, 0.717) is 61.8 Å². The van der Waals surface area contributed by atoms with Gasteiger partial charge in [-0.1, -0.05) is 30.3 Å². The number of rotatable bonds is 4. The molecule has 1 N–H and O–H groups in total.